The highest BCUT2D eigenvalue weighted by atomic mass is 32.2. The summed E-state index contributed by atoms with van der Waals surface area (Å²) in [6.07, 6.45) is 1.43. The van der Waals surface area contributed by atoms with E-state index in [1.54, 1.807) is 0 Å². The number of benzene rings is 2. The molecule has 0 bridgehead atoms. The van der Waals surface area contributed by atoms with Crippen molar-refractivity contribution >= 4 is 45.4 Å². The summed E-state index contributed by atoms with van der Waals surface area (Å²) < 4.78 is 5.40. The number of aromatic nitrogens is 1. The topological polar surface area (TPSA) is 117 Å². The van der Waals surface area contributed by atoms with Gasteiger partial charge in [0.1, 0.15) is 5.75 Å². The molecule has 1 atom stereocenters. The van der Waals surface area contributed by atoms with Crippen molar-refractivity contribution in [2.75, 3.05) is 17.7 Å². The molecular weight excluding hydrogens is 400 g/mol. The summed E-state index contributed by atoms with van der Waals surface area (Å²) in [7, 11) is 0. The van der Waals surface area contributed by atoms with Crippen LogP contribution in [0, 0.1) is 0 Å². The number of carbonyl (C=O) groups is 1. The van der Waals surface area contributed by atoms with Crippen molar-refractivity contribution in [1.29, 1.82) is 0 Å². The van der Waals surface area contributed by atoms with Gasteiger partial charge in [-0.05, 0) is 37.3 Å². The second-order valence-electron chi connectivity index (χ2n) is 6.53. The number of aromatic amines is 1. The molecule has 1 aliphatic heterocycles. The lowest BCUT2D eigenvalue weighted by molar-refractivity contribution is -0.113. The molecule has 0 radical (unpaired) electrons. The number of anilines is 1. The Labute approximate surface area is 178 Å². The fraction of sp³-hybridized carbons (Fsp3) is 0.190. The minimum absolute atomic E-state index is 0.140. The van der Waals surface area contributed by atoms with E-state index in [1.807, 2.05) is 61.7 Å². The number of aliphatic imine (C=N–C) groups is 2. The third-order valence-electron chi connectivity index (χ3n) is 4.42. The molecule has 1 unspecified atom stereocenters. The predicted octanol–water partition coefficient (Wildman–Crippen LogP) is 3.21. The number of nitrogens with zero attached hydrogens (tertiary/aromatic N) is 2. The lowest BCUT2D eigenvalue weighted by Crippen LogP contribution is -2.39. The Bertz CT molecular complexity index is 1110. The average Bonchev–Trinajstić information content (AvgIpc) is 3.18. The molecule has 154 valence electrons. The van der Waals surface area contributed by atoms with Gasteiger partial charge in [0.2, 0.25) is 5.91 Å². The van der Waals surface area contributed by atoms with Crippen LogP contribution in [0.3, 0.4) is 0 Å². The first-order chi connectivity index (χ1) is 14.6. The molecule has 8 nitrogen and oxygen atoms in total. The lowest BCUT2D eigenvalue weighted by atomic mass is 10.1. The molecule has 0 saturated carbocycles. The zero-order valence-electron chi connectivity index (χ0n) is 16.4. The Hall–Kier alpha value is -3.46. The van der Waals surface area contributed by atoms with E-state index in [4.69, 9.17) is 10.5 Å². The van der Waals surface area contributed by atoms with E-state index < -0.39 is 6.17 Å². The highest BCUT2D eigenvalue weighted by Gasteiger charge is 2.20. The van der Waals surface area contributed by atoms with Crippen LogP contribution in [0.2, 0.25) is 0 Å². The second-order valence-corrected chi connectivity index (χ2v) is 7.50. The van der Waals surface area contributed by atoms with Gasteiger partial charge >= 0.3 is 0 Å². The number of amides is 1. The van der Waals surface area contributed by atoms with E-state index in [-0.39, 0.29) is 17.6 Å². The first-order valence-electron chi connectivity index (χ1n) is 9.52. The molecule has 3 aromatic rings. The van der Waals surface area contributed by atoms with Gasteiger partial charge in [-0.3, -0.25) is 4.79 Å². The normalized spacial score (nSPS) is 15.8. The molecule has 0 aliphatic carbocycles. The number of para-hydroxylation sites is 1. The number of hydrogen-bond donors (Lipinski definition) is 4. The van der Waals surface area contributed by atoms with Crippen molar-refractivity contribution in [3.05, 3.63) is 60.3 Å². The Morgan fingerprint density at radius 2 is 2.00 bits per heavy atom. The number of H-pyrrole nitrogens is 1. The summed E-state index contributed by atoms with van der Waals surface area (Å²) >= 11 is 1.28. The van der Waals surface area contributed by atoms with Gasteiger partial charge in [-0.2, -0.15) is 0 Å². The maximum absolute atomic E-state index is 12.3. The highest BCUT2D eigenvalue weighted by Crippen LogP contribution is 2.29. The molecule has 30 heavy (non-hydrogen) atoms. The average molecular weight is 423 g/mol. The van der Waals surface area contributed by atoms with E-state index in [9.17, 15) is 4.79 Å². The molecule has 0 saturated heterocycles. The number of hydrogen-bond acceptors (Lipinski definition) is 7. The number of carbonyl (C=O) groups excluding carboxylic acids is 1. The standard InChI is InChI=1S/C21H22N6O2S/c1-2-29-14-9-7-13(8-10-14)24-18(28)12-30-21-26-19(25-20(22)27-21)16-11-23-17-6-4-3-5-15(16)17/h3-11,19,23H,2,12H2,1H3,(H,24,28)(H3,22,25,26,27). The summed E-state index contributed by atoms with van der Waals surface area (Å²) in [6.45, 7) is 2.53. The molecule has 1 amide bonds. The summed E-state index contributed by atoms with van der Waals surface area (Å²) in [6, 6.07) is 15.2. The summed E-state index contributed by atoms with van der Waals surface area (Å²) in [5.41, 5.74) is 8.62. The van der Waals surface area contributed by atoms with Crippen molar-refractivity contribution in [3.63, 3.8) is 0 Å². The third kappa shape index (κ3) is 4.57. The van der Waals surface area contributed by atoms with Gasteiger partial charge in [-0.1, -0.05) is 30.0 Å². The number of ether oxygens (including phenoxy) is 1. The van der Waals surface area contributed by atoms with Gasteiger partial charge in [0.15, 0.2) is 17.3 Å². The van der Waals surface area contributed by atoms with Gasteiger partial charge in [0.25, 0.3) is 0 Å². The predicted molar refractivity (Wildman–Crippen MR) is 122 cm³/mol. The maximum Gasteiger partial charge on any atom is 0.234 e. The third-order valence-corrected chi connectivity index (χ3v) is 5.31. The van der Waals surface area contributed by atoms with Crippen LogP contribution in [0.1, 0.15) is 18.7 Å². The van der Waals surface area contributed by atoms with Crippen LogP contribution in [-0.2, 0) is 4.79 Å². The minimum Gasteiger partial charge on any atom is -0.494 e. The summed E-state index contributed by atoms with van der Waals surface area (Å²) in [4.78, 5) is 24.6. The number of nitrogens with one attached hydrogen (secondary N) is 3. The van der Waals surface area contributed by atoms with Crippen LogP contribution in [0.4, 0.5) is 5.69 Å². The summed E-state index contributed by atoms with van der Waals surface area (Å²) in [5, 5.41) is 7.39. The van der Waals surface area contributed by atoms with Crippen LogP contribution in [0.25, 0.3) is 10.9 Å². The monoisotopic (exact) mass is 422 g/mol. The van der Waals surface area contributed by atoms with Crippen LogP contribution in [-0.4, -0.2) is 34.4 Å². The van der Waals surface area contributed by atoms with Gasteiger partial charge in [0.05, 0.1) is 12.4 Å². The molecule has 1 aromatic heterocycles. The molecule has 0 fully saturated rings. The lowest BCUT2D eigenvalue weighted by Gasteiger charge is -2.18. The molecule has 2 aromatic carbocycles. The number of thioether (sulfide) groups is 1. The highest BCUT2D eigenvalue weighted by molar-refractivity contribution is 8.14. The summed E-state index contributed by atoms with van der Waals surface area (Å²) in [5.74, 6) is 1.09. The van der Waals surface area contributed by atoms with Gasteiger partial charge in [-0.25, -0.2) is 9.98 Å². The molecule has 0 spiro atoms. The van der Waals surface area contributed by atoms with Crippen molar-refractivity contribution in [2.24, 2.45) is 15.7 Å². The molecule has 9 heteroatoms. The van der Waals surface area contributed by atoms with Gasteiger partial charge < -0.3 is 26.1 Å². The quantitative estimate of drug-likeness (QED) is 0.487. The number of nitrogens with two attached hydrogens (primary N) is 1. The largest absolute Gasteiger partial charge is 0.494 e. The number of amidine groups is 1. The molecule has 5 N–H and O–H groups in total. The van der Waals surface area contributed by atoms with E-state index >= 15 is 0 Å². The van der Waals surface area contributed by atoms with Crippen molar-refractivity contribution in [3.8, 4) is 5.75 Å². The Kier molecular flexibility index (Phi) is 5.89. The molecule has 4 rings (SSSR count). The van der Waals surface area contributed by atoms with E-state index in [0.717, 1.165) is 22.2 Å². The van der Waals surface area contributed by atoms with E-state index in [1.165, 1.54) is 11.8 Å². The SMILES string of the molecule is CCOc1ccc(NC(=O)CSC2=NC(c3c[nH]c4ccccc34)N=C(N)N2)cc1. The molecule has 1 aliphatic rings. The molecular formula is C21H22N6O2S. The minimum atomic E-state index is -0.459. The smallest absolute Gasteiger partial charge is 0.234 e. The Morgan fingerprint density at radius 3 is 2.80 bits per heavy atom. The zero-order chi connectivity index (χ0) is 20.9. The Balaban J connectivity index is 1.39. The first kappa shape index (κ1) is 19.8. The number of fused-ring (bicyclic) bond motifs is 1. The maximum atomic E-state index is 12.3. The second kappa shape index (κ2) is 8.91. The Morgan fingerprint density at radius 1 is 1.20 bits per heavy atom. The molecule has 2 heterocycles. The van der Waals surface area contributed by atoms with Crippen molar-refractivity contribution in [2.45, 2.75) is 13.1 Å². The van der Waals surface area contributed by atoms with E-state index in [2.05, 4.69) is 25.6 Å². The van der Waals surface area contributed by atoms with Crippen LogP contribution in [0.5, 0.6) is 5.75 Å². The van der Waals surface area contributed by atoms with Crippen molar-refractivity contribution in [1.82, 2.24) is 10.3 Å². The van der Waals surface area contributed by atoms with Crippen LogP contribution in [0.15, 0.2) is 64.7 Å². The number of rotatable bonds is 6. The van der Waals surface area contributed by atoms with Crippen LogP contribution >= 0.6 is 11.8 Å². The number of guanidine groups is 1. The van der Waals surface area contributed by atoms with Crippen LogP contribution < -0.4 is 21.1 Å². The van der Waals surface area contributed by atoms with Gasteiger partial charge in [-0.15, -0.1) is 0 Å². The van der Waals surface area contributed by atoms with Crippen molar-refractivity contribution < 1.29 is 9.53 Å². The zero-order valence-corrected chi connectivity index (χ0v) is 17.2. The fourth-order valence-corrected chi connectivity index (χ4v) is 3.79. The van der Waals surface area contributed by atoms with Gasteiger partial charge in [0, 0.05) is 28.4 Å². The van der Waals surface area contributed by atoms with E-state index in [0.29, 0.717) is 17.5 Å². The first-order valence-corrected chi connectivity index (χ1v) is 10.5. The fourth-order valence-electron chi connectivity index (χ4n) is 3.10.